The molecule has 0 bridgehead atoms. The van der Waals surface area contributed by atoms with Gasteiger partial charge in [-0.15, -0.1) is 11.3 Å². The summed E-state index contributed by atoms with van der Waals surface area (Å²) in [5, 5.41) is 0.0242. The summed E-state index contributed by atoms with van der Waals surface area (Å²) in [6.07, 6.45) is 1.27. The van der Waals surface area contributed by atoms with Gasteiger partial charge in [0.05, 0.1) is 14.2 Å². The van der Waals surface area contributed by atoms with E-state index in [2.05, 4.69) is 19.4 Å². The maximum atomic E-state index is 11.9. The first-order valence-corrected chi connectivity index (χ1v) is 7.98. The third-order valence-electron chi connectivity index (χ3n) is 2.45. The Hall–Kier alpha value is -2.07. The summed E-state index contributed by atoms with van der Waals surface area (Å²) in [5.41, 5.74) is 0. The second-order valence-electron chi connectivity index (χ2n) is 3.85. The van der Waals surface area contributed by atoms with E-state index in [1.54, 1.807) is 0 Å². The predicted molar refractivity (Wildman–Crippen MR) is 72.8 cm³/mol. The number of carbonyl (C=O) groups is 2. The third kappa shape index (κ3) is 3.16. The number of thiophene rings is 1. The van der Waals surface area contributed by atoms with Crippen molar-refractivity contribution in [2.24, 2.45) is 0 Å². The van der Waals surface area contributed by atoms with Crippen molar-refractivity contribution in [3.63, 3.8) is 0 Å². The molecule has 8 nitrogen and oxygen atoms in total. The lowest BCUT2D eigenvalue weighted by Crippen LogP contribution is -2.19. The number of hydrogen-bond donors (Lipinski definition) is 0. The number of carbonyl (C=O) groups excluding carboxylic acids is 2. The van der Waals surface area contributed by atoms with Gasteiger partial charge in [0.2, 0.25) is 15.0 Å². The molecule has 0 saturated carbocycles. The first kappa shape index (κ1) is 15.3. The van der Waals surface area contributed by atoms with Crippen LogP contribution in [0.3, 0.4) is 0 Å². The normalized spacial score (nSPS) is 11.3. The summed E-state index contributed by atoms with van der Waals surface area (Å²) >= 11 is 0.979. The standard InChI is InChI=1S/C11H10N2O6S2/c1-18-8(14)5-21(16,17)11-12-4-6-3-7(10(15)19-2)20-9(6)13-11/h3-4H,5H2,1-2H3. The van der Waals surface area contributed by atoms with E-state index in [1.807, 2.05) is 0 Å². The summed E-state index contributed by atoms with van der Waals surface area (Å²) in [7, 11) is -1.66. The van der Waals surface area contributed by atoms with Gasteiger partial charge in [-0.3, -0.25) is 4.79 Å². The van der Waals surface area contributed by atoms with Gasteiger partial charge in [0.25, 0.3) is 0 Å². The summed E-state index contributed by atoms with van der Waals surface area (Å²) in [6, 6.07) is 1.50. The fourth-order valence-corrected chi connectivity index (χ4v) is 3.43. The van der Waals surface area contributed by atoms with Crippen molar-refractivity contribution < 1.29 is 27.5 Å². The van der Waals surface area contributed by atoms with Gasteiger partial charge >= 0.3 is 11.9 Å². The first-order chi connectivity index (χ1) is 9.87. The second-order valence-corrected chi connectivity index (χ2v) is 6.76. The van der Waals surface area contributed by atoms with Gasteiger partial charge in [-0.2, -0.15) is 0 Å². The number of fused-ring (bicyclic) bond motifs is 1. The topological polar surface area (TPSA) is 113 Å². The average molecular weight is 330 g/mol. The Balaban J connectivity index is 2.43. The number of nitrogens with zero attached hydrogens (tertiary/aromatic N) is 2. The summed E-state index contributed by atoms with van der Waals surface area (Å²) in [6.45, 7) is 0. The van der Waals surface area contributed by atoms with Crippen LogP contribution in [0.2, 0.25) is 0 Å². The number of rotatable bonds is 4. The Bertz CT molecular complexity index is 811. The first-order valence-electron chi connectivity index (χ1n) is 5.52. The minimum Gasteiger partial charge on any atom is -0.468 e. The largest absolute Gasteiger partial charge is 0.468 e. The van der Waals surface area contributed by atoms with Gasteiger partial charge in [-0.05, 0) is 6.07 Å². The highest BCUT2D eigenvalue weighted by Gasteiger charge is 2.24. The molecule has 0 aliphatic heterocycles. The quantitative estimate of drug-likeness (QED) is 0.585. The Morgan fingerprint density at radius 2 is 2.00 bits per heavy atom. The molecule has 2 heterocycles. The molecular formula is C11H10N2O6S2. The van der Waals surface area contributed by atoms with Crippen LogP contribution in [0.1, 0.15) is 9.67 Å². The zero-order valence-electron chi connectivity index (χ0n) is 11.0. The fourth-order valence-electron chi connectivity index (χ4n) is 1.45. The molecule has 0 amide bonds. The summed E-state index contributed by atoms with van der Waals surface area (Å²) in [5.74, 6) is -2.29. The molecule has 2 aromatic heterocycles. The van der Waals surface area contributed by atoms with Crippen LogP contribution in [0.5, 0.6) is 0 Å². The highest BCUT2D eigenvalue weighted by Crippen LogP contribution is 2.24. The third-order valence-corrected chi connectivity index (χ3v) is 4.85. The van der Waals surface area contributed by atoms with Gasteiger partial charge in [0.1, 0.15) is 9.71 Å². The van der Waals surface area contributed by atoms with Gasteiger partial charge in [0.15, 0.2) is 5.75 Å². The molecule has 0 atom stereocenters. The van der Waals surface area contributed by atoms with E-state index in [0.717, 1.165) is 18.4 Å². The molecule has 0 spiro atoms. The van der Waals surface area contributed by atoms with Crippen LogP contribution in [-0.2, 0) is 24.1 Å². The van der Waals surface area contributed by atoms with Crippen molar-refractivity contribution in [1.82, 2.24) is 9.97 Å². The zero-order chi connectivity index (χ0) is 15.6. The molecule has 10 heteroatoms. The predicted octanol–water partition coefficient (Wildman–Crippen LogP) is 0.425. The number of esters is 2. The van der Waals surface area contributed by atoms with E-state index in [0.29, 0.717) is 10.2 Å². The van der Waals surface area contributed by atoms with Crippen LogP contribution >= 0.6 is 11.3 Å². The Morgan fingerprint density at radius 1 is 1.29 bits per heavy atom. The van der Waals surface area contributed by atoms with E-state index in [-0.39, 0.29) is 4.88 Å². The summed E-state index contributed by atoms with van der Waals surface area (Å²) < 4.78 is 32.7. The summed E-state index contributed by atoms with van der Waals surface area (Å²) in [4.78, 5) is 30.7. The molecule has 0 fully saturated rings. The van der Waals surface area contributed by atoms with E-state index in [9.17, 15) is 18.0 Å². The van der Waals surface area contributed by atoms with Gasteiger partial charge < -0.3 is 9.47 Å². The van der Waals surface area contributed by atoms with Crippen LogP contribution in [-0.4, -0.2) is 50.3 Å². The molecule has 0 saturated heterocycles. The van der Waals surface area contributed by atoms with Crippen LogP contribution < -0.4 is 0 Å². The molecule has 112 valence electrons. The maximum Gasteiger partial charge on any atom is 0.348 e. The molecule has 2 rings (SSSR count). The van der Waals surface area contributed by atoms with E-state index in [1.165, 1.54) is 19.4 Å². The van der Waals surface area contributed by atoms with Gasteiger partial charge in [0, 0.05) is 11.6 Å². The smallest absolute Gasteiger partial charge is 0.348 e. The molecule has 0 radical (unpaired) electrons. The number of ether oxygens (including phenoxy) is 2. The molecular weight excluding hydrogens is 320 g/mol. The van der Waals surface area contributed by atoms with Crippen molar-refractivity contribution >= 4 is 43.3 Å². The molecule has 0 N–H and O–H groups in total. The van der Waals surface area contributed by atoms with Crippen molar-refractivity contribution in [3.05, 3.63) is 17.1 Å². The van der Waals surface area contributed by atoms with Crippen molar-refractivity contribution in [1.29, 1.82) is 0 Å². The second kappa shape index (κ2) is 5.74. The Kier molecular flexibility index (Phi) is 4.19. The van der Waals surface area contributed by atoms with Crippen molar-refractivity contribution in [2.75, 3.05) is 20.0 Å². The van der Waals surface area contributed by atoms with Gasteiger partial charge in [-0.25, -0.2) is 23.2 Å². The maximum absolute atomic E-state index is 11.9. The average Bonchev–Trinajstić information content (AvgIpc) is 2.88. The molecule has 2 aromatic rings. The number of hydrogen-bond acceptors (Lipinski definition) is 9. The monoisotopic (exact) mass is 330 g/mol. The van der Waals surface area contributed by atoms with Crippen LogP contribution in [0.25, 0.3) is 10.2 Å². The lowest BCUT2D eigenvalue weighted by atomic mass is 10.4. The number of aromatic nitrogens is 2. The Morgan fingerprint density at radius 3 is 2.62 bits per heavy atom. The van der Waals surface area contributed by atoms with E-state index < -0.39 is 32.7 Å². The van der Waals surface area contributed by atoms with Gasteiger partial charge in [-0.1, -0.05) is 0 Å². The molecule has 0 aliphatic carbocycles. The molecule has 0 aromatic carbocycles. The van der Waals surface area contributed by atoms with Crippen molar-refractivity contribution in [3.8, 4) is 0 Å². The molecule has 0 aliphatic rings. The van der Waals surface area contributed by atoms with Crippen LogP contribution in [0, 0.1) is 0 Å². The van der Waals surface area contributed by atoms with Crippen LogP contribution in [0.4, 0.5) is 0 Å². The molecule has 0 unspecified atom stereocenters. The SMILES string of the molecule is COC(=O)CS(=O)(=O)c1ncc2cc(C(=O)OC)sc2n1. The van der Waals surface area contributed by atoms with Crippen LogP contribution in [0.15, 0.2) is 17.4 Å². The Labute approximate surface area is 123 Å². The lowest BCUT2D eigenvalue weighted by Gasteiger charge is -2.01. The minimum absolute atomic E-state index is 0.282. The highest BCUT2D eigenvalue weighted by molar-refractivity contribution is 7.91. The molecule has 21 heavy (non-hydrogen) atoms. The van der Waals surface area contributed by atoms with E-state index >= 15 is 0 Å². The fraction of sp³-hybridized carbons (Fsp3) is 0.273. The lowest BCUT2D eigenvalue weighted by molar-refractivity contribution is -0.137. The highest BCUT2D eigenvalue weighted by atomic mass is 32.2. The van der Waals surface area contributed by atoms with E-state index in [4.69, 9.17) is 0 Å². The van der Waals surface area contributed by atoms with Crippen molar-refractivity contribution in [2.45, 2.75) is 5.16 Å². The zero-order valence-corrected chi connectivity index (χ0v) is 12.7. The minimum atomic E-state index is -3.99. The number of methoxy groups -OCH3 is 2. The number of sulfone groups is 1.